The zero-order valence-electron chi connectivity index (χ0n) is 10.1. The van der Waals surface area contributed by atoms with E-state index in [4.69, 9.17) is 11.6 Å². The van der Waals surface area contributed by atoms with Crippen LogP contribution in [0.1, 0.15) is 44.7 Å². The van der Waals surface area contributed by atoms with Crippen LogP contribution in [0.25, 0.3) is 0 Å². The maximum atomic E-state index is 6.18. The van der Waals surface area contributed by atoms with Crippen LogP contribution in [0.4, 0.5) is 0 Å². The van der Waals surface area contributed by atoms with Crippen LogP contribution < -0.4 is 5.32 Å². The van der Waals surface area contributed by atoms with Crippen LogP contribution in [0.2, 0.25) is 5.02 Å². The molecule has 1 aliphatic rings. The highest BCUT2D eigenvalue weighted by Crippen LogP contribution is 2.48. The molecule has 1 aromatic carbocycles. The van der Waals surface area contributed by atoms with Gasteiger partial charge in [-0.3, -0.25) is 0 Å². The highest BCUT2D eigenvalue weighted by Gasteiger charge is 2.40. The Morgan fingerprint density at radius 2 is 2.06 bits per heavy atom. The molecule has 0 heterocycles. The van der Waals surface area contributed by atoms with Gasteiger partial charge in [-0.05, 0) is 43.2 Å². The monoisotopic (exact) mass is 237 g/mol. The fourth-order valence-electron chi connectivity index (χ4n) is 2.14. The Bertz CT molecular complexity index is 358. The smallest absolute Gasteiger partial charge is 0.0453 e. The van der Waals surface area contributed by atoms with Gasteiger partial charge in [0, 0.05) is 17.6 Å². The Morgan fingerprint density at radius 1 is 1.38 bits per heavy atom. The number of hydrogen-bond acceptors (Lipinski definition) is 1. The van der Waals surface area contributed by atoms with Gasteiger partial charge in [-0.25, -0.2) is 0 Å². The van der Waals surface area contributed by atoms with Crippen molar-refractivity contribution in [3.05, 3.63) is 34.9 Å². The SMILES string of the molecule is CCC1(CNC(C)c2ccccc2Cl)CC1. The molecule has 0 amide bonds. The molecule has 1 fully saturated rings. The van der Waals surface area contributed by atoms with E-state index in [9.17, 15) is 0 Å². The summed E-state index contributed by atoms with van der Waals surface area (Å²) in [4.78, 5) is 0. The van der Waals surface area contributed by atoms with Crippen LogP contribution in [-0.4, -0.2) is 6.54 Å². The van der Waals surface area contributed by atoms with Gasteiger partial charge in [0.1, 0.15) is 0 Å². The number of benzene rings is 1. The Hall–Kier alpha value is -0.530. The van der Waals surface area contributed by atoms with Gasteiger partial charge in [0.2, 0.25) is 0 Å². The quantitative estimate of drug-likeness (QED) is 0.810. The van der Waals surface area contributed by atoms with E-state index in [0.717, 1.165) is 11.6 Å². The summed E-state index contributed by atoms with van der Waals surface area (Å²) in [6.07, 6.45) is 4.05. The van der Waals surface area contributed by atoms with E-state index in [2.05, 4.69) is 25.2 Å². The first-order valence-corrected chi connectivity index (χ1v) is 6.52. The molecule has 1 saturated carbocycles. The first kappa shape index (κ1) is 11.9. The van der Waals surface area contributed by atoms with E-state index in [-0.39, 0.29) is 0 Å². The van der Waals surface area contributed by atoms with Crippen molar-refractivity contribution in [3.63, 3.8) is 0 Å². The third-order valence-electron chi connectivity index (χ3n) is 3.86. The molecule has 1 unspecified atom stereocenters. The lowest BCUT2D eigenvalue weighted by Crippen LogP contribution is -2.26. The highest BCUT2D eigenvalue weighted by molar-refractivity contribution is 6.31. The fraction of sp³-hybridized carbons (Fsp3) is 0.571. The largest absolute Gasteiger partial charge is 0.310 e. The van der Waals surface area contributed by atoms with E-state index in [1.54, 1.807) is 0 Å². The van der Waals surface area contributed by atoms with Crippen LogP contribution in [-0.2, 0) is 0 Å². The minimum Gasteiger partial charge on any atom is -0.310 e. The average molecular weight is 238 g/mol. The molecular weight excluding hydrogens is 218 g/mol. The number of rotatable bonds is 5. The van der Waals surface area contributed by atoms with Crippen molar-refractivity contribution in [1.29, 1.82) is 0 Å². The molecule has 0 aromatic heterocycles. The van der Waals surface area contributed by atoms with Crippen molar-refractivity contribution in [2.75, 3.05) is 6.54 Å². The van der Waals surface area contributed by atoms with Crippen LogP contribution in [0.5, 0.6) is 0 Å². The highest BCUT2D eigenvalue weighted by atomic mass is 35.5. The molecule has 1 atom stereocenters. The summed E-state index contributed by atoms with van der Waals surface area (Å²) < 4.78 is 0. The first-order valence-electron chi connectivity index (χ1n) is 6.15. The number of nitrogens with one attached hydrogen (secondary N) is 1. The second-order valence-corrected chi connectivity index (χ2v) is 5.38. The van der Waals surface area contributed by atoms with Crippen molar-refractivity contribution < 1.29 is 0 Å². The maximum Gasteiger partial charge on any atom is 0.0453 e. The van der Waals surface area contributed by atoms with E-state index in [0.29, 0.717) is 11.5 Å². The maximum absolute atomic E-state index is 6.18. The zero-order valence-corrected chi connectivity index (χ0v) is 10.8. The van der Waals surface area contributed by atoms with Gasteiger partial charge in [-0.2, -0.15) is 0 Å². The minimum absolute atomic E-state index is 0.345. The summed E-state index contributed by atoms with van der Waals surface area (Å²) in [7, 11) is 0. The minimum atomic E-state index is 0.345. The van der Waals surface area contributed by atoms with Crippen LogP contribution in [0.15, 0.2) is 24.3 Å². The molecular formula is C14H20ClN. The zero-order chi connectivity index (χ0) is 11.6. The van der Waals surface area contributed by atoms with Crippen molar-refractivity contribution >= 4 is 11.6 Å². The van der Waals surface area contributed by atoms with Crippen molar-refractivity contribution in [2.45, 2.75) is 39.2 Å². The lowest BCUT2D eigenvalue weighted by molar-refractivity contribution is 0.415. The summed E-state index contributed by atoms with van der Waals surface area (Å²) in [5.41, 5.74) is 1.80. The second kappa shape index (κ2) is 4.77. The summed E-state index contributed by atoms with van der Waals surface area (Å²) in [5.74, 6) is 0. The molecule has 0 aliphatic heterocycles. The van der Waals surface area contributed by atoms with Crippen LogP contribution in [0.3, 0.4) is 0 Å². The molecule has 1 aromatic rings. The molecule has 88 valence electrons. The summed E-state index contributed by atoms with van der Waals surface area (Å²) in [6.45, 7) is 5.59. The van der Waals surface area contributed by atoms with Gasteiger partial charge in [-0.15, -0.1) is 0 Å². The van der Waals surface area contributed by atoms with Gasteiger partial charge in [0.05, 0.1) is 0 Å². The Labute approximate surface area is 103 Å². The molecule has 1 nitrogen and oxygen atoms in total. The van der Waals surface area contributed by atoms with Gasteiger partial charge in [0.15, 0.2) is 0 Å². The topological polar surface area (TPSA) is 12.0 Å². The lowest BCUT2D eigenvalue weighted by atomic mass is 10.0. The summed E-state index contributed by atoms with van der Waals surface area (Å²) >= 11 is 6.18. The van der Waals surface area contributed by atoms with Crippen molar-refractivity contribution in [1.82, 2.24) is 5.32 Å². The van der Waals surface area contributed by atoms with Crippen LogP contribution in [0, 0.1) is 5.41 Å². The van der Waals surface area contributed by atoms with Gasteiger partial charge in [0.25, 0.3) is 0 Å². The van der Waals surface area contributed by atoms with E-state index < -0.39 is 0 Å². The fourth-order valence-corrected chi connectivity index (χ4v) is 2.44. The van der Waals surface area contributed by atoms with Gasteiger partial charge in [-0.1, -0.05) is 36.7 Å². The molecule has 2 heteroatoms. The normalized spacial score (nSPS) is 19.4. The molecule has 0 spiro atoms. The predicted octanol–water partition coefficient (Wildman–Crippen LogP) is 4.18. The average Bonchev–Trinajstić information content (AvgIpc) is 3.07. The second-order valence-electron chi connectivity index (χ2n) is 4.98. The molecule has 0 saturated heterocycles. The number of hydrogen-bond donors (Lipinski definition) is 1. The Morgan fingerprint density at radius 3 is 2.62 bits per heavy atom. The first-order chi connectivity index (χ1) is 7.67. The standard InChI is InChI=1S/C14H20ClN/c1-3-14(8-9-14)10-16-11(2)12-6-4-5-7-13(12)15/h4-7,11,16H,3,8-10H2,1-2H3. The molecule has 0 radical (unpaired) electrons. The number of halogens is 1. The third kappa shape index (κ3) is 2.58. The summed E-state index contributed by atoms with van der Waals surface area (Å²) in [6, 6.07) is 8.43. The molecule has 16 heavy (non-hydrogen) atoms. The lowest BCUT2D eigenvalue weighted by Gasteiger charge is -2.20. The van der Waals surface area contributed by atoms with E-state index in [1.165, 1.54) is 24.8 Å². The van der Waals surface area contributed by atoms with Crippen molar-refractivity contribution in [3.8, 4) is 0 Å². The Kier molecular flexibility index (Phi) is 3.56. The van der Waals surface area contributed by atoms with E-state index in [1.807, 2.05) is 18.2 Å². The molecule has 0 bridgehead atoms. The molecule has 2 rings (SSSR count). The van der Waals surface area contributed by atoms with Crippen molar-refractivity contribution in [2.24, 2.45) is 5.41 Å². The Balaban J connectivity index is 1.93. The van der Waals surface area contributed by atoms with Crippen LogP contribution >= 0.6 is 11.6 Å². The van der Waals surface area contributed by atoms with Gasteiger partial charge < -0.3 is 5.32 Å². The summed E-state index contributed by atoms with van der Waals surface area (Å²) in [5, 5.41) is 4.47. The van der Waals surface area contributed by atoms with E-state index >= 15 is 0 Å². The predicted molar refractivity (Wildman–Crippen MR) is 69.8 cm³/mol. The molecule has 1 N–H and O–H groups in total. The third-order valence-corrected chi connectivity index (χ3v) is 4.21. The molecule has 1 aliphatic carbocycles. The van der Waals surface area contributed by atoms with Gasteiger partial charge >= 0.3 is 0 Å².